The van der Waals surface area contributed by atoms with Gasteiger partial charge in [0.05, 0.1) is 11.4 Å². The van der Waals surface area contributed by atoms with Gasteiger partial charge in [0.25, 0.3) is 5.91 Å². The van der Waals surface area contributed by atoms with Crippen LogP contribution in [0.1, 0.15) is 18.1 Å². The summed E-state index contributed by atoms with van der Waals surface area (Å²) in [6.07, 6.45) is 1.75. The predicted molar refractivity (Wildman–Crippen MR) is 125 cm³/mol. The lowest BCUT2D eigenvalue weighted by Gasteiger charge is -2.19. The number of amides is 1. The molecule has 2 aliphatic rings. The number of para-hydroxylation sites is 1. The zero-order chi connectivity index (χ0) is 20.5. The van der Waals surface area contributed by atoms with Crippen molar-refractivity contribution in [2.45, 2.75) is 25.7 Å². The van der Waals surface area contributed by atoms with Gasteiger partial charge in [-0.3, -0.25) is 9.69 Å². The topological polar surface area (TPSA) is 35.9 Å². The van der Waals surface area contributed by atoms with E-state index in [9.17, 15) is 4.79 Å². The molecule has 0 saturated carbocycles. The van der Waals surface area contributed by atoms with Crippen LogP contribution in [0.5, 0.6) is 0 Å². The summed E-state index contributed by atoms with van der Waals surface area (Å²) in [5, 5.41) is 1.69. The average Bonchev–Trinajstić information content (AvgIpc) is 3.22. The minimum absolute atomic E-state index is 0.00725. The molecule has 0 spiro atoms. The first kappa shape index (κ1) is 19.9. The summed E-state index contributed by atoms with van der Waals surface area (Å²) in [4.78, 5) is 24.0. The molecule has 6 heteroatoms. The lowest BCUT2D eigenvalue weighted by Crippen LogP contribution is -2.30. The van der Waals surface area contributed by atoms with E-state index in [2.05, 4.69) is 43.5 Å². The summed E-state index contributed by atoms with van der Waals surface area (Å²) in [5.74, 6) is -0.00725. The largest absolute Gasteiger partial charge is 0.334 e. The Bertz CT molecular complexity index is 1060. The quantitative estimate of drug-likeness (QED) is 0.458. The van der Waals surface area contributed by atoms with Crippen LogP contribution in [-0.2, 0) is 4.79 Å². The number of amidine groups is 1. The lowest BCUT2D eigenvalue weighted by atomic mass is 10.1. The number of hydrogen-bond donors (Lipinski definition) is 0. The van der Waals surface area contributed by atoms with Crippen molar-refractivity contribution in [3.63, 3.8) is 0 Å². The van der Waals surface area contributed by atoms with Crippen molar-refractivity contribution in [3.8, 4) is 0 Å². The number of fused-ring (bicyclic) bond motifs is 1. The molecular weight excluding hydrogens is 398 g/mol. The second kappa shape index (κ2) is 8.13. The third kappa shape index (κ3) is 3.63. The number of benzene rings is 2. The first-order chi connectivity index (χ1) is 14.0. The number of anilines is 1. The van der Waals surface area contributed by atoms with Gasteiger partial charge >= 0.3 is 0 Å². The Hall–Kier alpha value is -2.44. The molecule has 4 rings (SSSR count). The maximum absolute atomic E-state index is 13.3. The Morgan fingerprint density at radius 3 is 2.62 bits per heavy atom. The number of carbonyl (C=O) groups excluding carboxylic acids is 1. The number of aliphatic imine (C=N–C) groups is 1. The third-order valence-electron chi connectivity index (χ3n) is 4.86. The lowest BCUT2D eigenvalue weighted by molar-refractivity contribution is -0.121. The molecule has 29 heavy (non-hydrogen) atoms. The molecule has 0 aliphatic carbocycles. The van der Waals surface area contributed by atoms with Crippen LogP contribution in [0, 0.1) is 13.8 Å². The summed E-state index contributed by atoms with van der Waals surface area (Å²) < 4.78 is 0. The second-order valence-electron chi connectivity index (χ2n) is 6.94. The number of aryl methyl sites for hydroxylation is 2. The van der Waals surface area contributed by atoms with Crippen LogP contribution in [0.3, 0.4) is 0 Å². The molecule has 2 aromatic carbocycles. The maximum atomic E-state index is 13.3. The van der Waals surface area contributed by atoms with Crippen molar-refractivity contribution in [1.82, 2.24) is 4.90 Å². The fourth-order valence-corrected chi connectivity index (χ4v) is 5.85. The van der Waals surface area contributed by atoms with E-state index in [0.717, 1.165) is 33.4 Å². The number of nitrogens with zero attached hydrogens (tertiary/aromatic N) is 3. The first-order valence-corrected chi connectivity index (χ1v) is 11.2. The van der Waals surface area contributed by atoms with Gasteiger partial charge in [0.15, 0.2) is 5.17 Å². The monoisotopic (exact) mass is 421 g/mol. The summed E-state index contributed by atoms with van der Waals surface area (Å²) in [5.41, 5.74) is 4.35. The van der Waals surface area contributed by atoms with Crippen molar-refractivity contribution in [2.75, 3.05) is 18.0 Å². The van der Waals surface area contributed by atoms with E-state index in [1.54, 1.807) is 22.7 Å². The highest BCUT2D eigenvalue weighted by atomic mass is 32.2. The van der Waals surface area contributed by atoms with Crippen LogP contribution < -0.4 is 4.90 Å². The predicted octanol–water partition coefficient (Wildman–Crippen LogP) is 5.85. The Labute approximate surface area is 180 Å². The van der Waals surface area contributed by atoms with Crippen molar-refractivity contribution < 1.29 is 4.79 Å². The zero-order valence-corrected chi connectivity index (χ0v) is 18.4. The number of carbonyl (C=O) groups is 1. The number of hydrogen-bond acceptors (Lipinski definition) is 5. The molecule has 0 unspecified atom stereocenters. The van der Waals surface area contributed by atoms with E-state index >= 15 is 0 Å². The van der Waals surface area contributed by atoms with Gasteiger partial charge in [-0.2, -0.15) is 0 Å². The van der Waals surface area contributed by atoms with Gasteiger partial charge in [0.2, 0.25) is 0 Å². The van der Waals surface area contributed by atoms with Gasteiger partial charge in [0, 0.05) is 18.0 Å². The van der Waals surface area contributed by atoms with E-state index in [1.807, 2.05) is 31.2 Å². The molecule has 148 valence electrons. The van der Waals surface area contributed by atoms with Gasteiger partial charge < -0.3 is 4.90 Å². The smallest absolute Gasteiger partial charge is 0.269 e. The number of thioether (sulfide) groups is 2. The van der Waals surface area contributed by atoms with Crippen molar-refractivity contribution in [3.05, 3.63) is 76.2 Å². The highest BCUT2D eigenvalue weighted by molar-refractivity contribution is 8.19. The Morgan fingerprint density at radius 2 is 1.90 bits per heavy atom. The molecule has 1 amide bonds. The summed E-state index contributed by atoms with van der Waals surface area (Å²) in [6, 6.07) is 14.5. The molecule has 0 N–H and O–H groups in total. The summed E-state index contributed by atoms with van der Waals surface area (Å²) in [6.45, 7) is 11.3. The van der Waals surface area contributed by atoms with Gasteiger partial charge in [-0.25, -0.2) is 4.99 Å². The van der Waals surface area contributed by atoms with Gasteiger partial charge in [-0.15, -0.1) is 6.58 Å². The minimum atomic E-state index is -0.00725. The molecule has 0 atom stereocenters. The molecule has 2 heterocycles. The van der Waals surface area contributed by atoms with Crippen LogP contribution in [0.15, 0.2) is 74.9 Å². The second-order valence-corrected chi connectivity index (χ2v) is 8.95. The standard InChI is InChI=1S/C23H23N3OS2/c1-5-13-26-21(27)20(22-25(6-2)18-9-7-8-10-19(18)28-22)29-23(26)24-17-12-11-15(3)14-16(17)4/h5,7-12,14H,1,6,13H2,2-4H3/b22-20-,24-23?. The van der Waals surface area contributed by atoms with Gasteiger partial charge in [0.1, 0.15) is 9.93 Å². The SMILES string of the molecule is C=CCN1C(=O)/C(=C2/Sc3ccccc3N2CC)SC1=Nc1ccc(C)cc1C. The summed E-state index contributed by atoms with van der Waals surface area (Å²) in [7, 11) is 0. The van der Waals surface area contributed by atoms with Crippen LogP contribution in [0.25, 0.3) is 0 Å². The molecule has 4 nitrogen and oxygen atoms in total. The highest BCUT2D eigenvalue weighted by Crippen LogP contribution is 2.50. The van der Waals surface area contributed by atoms with Crippen LogP contribution >= 0.6 is 23.5 Å². The fourth-order valence-electron chi connectivity index (χ4n) is 3.46. The van der Waals surface area contributed by atoms with E-state index in [0.29, 0.717) is 11.7 Å². The highest BCUT2D eigenvalue weighted by Gasteiger charge is 2.39. The zero-order valence-electron chi connectivity index (χ0n) is 16.8. The molecular formula is C23H23N3OS2. The Morgan fingerprint density at radius 1 is 1.10 bits per heavy atom. The molecule has 2 aliphatic heterocycles. The maximum Gasteiger partial charge on any atom is 0.269 e. The van der Waals surface area contributed by atoms with Crippen molar-refractivity contribution >= 4 is 46.0 Å². The third-order valence-corrected chi connectivity index (χ3v) is 7.24. The molecule has 0 bridgehead atoms. The van der Waals surface area contributed by atoms with E-state index in [4.69, 9.17) is 4.99 Å². The van der Waals surface area contributed by atoms with Gasteiger partial charge in [-0.05, 0) is 56.3 Å². The molecule has 0 aromatic heterocycles. The summed E-state index contributed by atoms with van der Waals surface area (Å²) >= 11 is 3.12. The Kier molecular flexibility index (Phi) is 5.56. The molecule has 0 radical (unpaired) electrons. The number of rotatable bonds is 4. The molecule has 1 saturated heterocycles. The van der Waals surface area contributed by atoms with Gasteiger partial charge in [-0.1, -0.05) is 47.7 Å². The van der Waals surface area contributed by atoms with Crippen molar-refractivity contribution in [2.24, 2.45) is 4.99 Å². The normalized spacial score (nSPS) is 20.0. The van der Waals surface area contributed by atoms with Crippen LogP contribution in [-0.4, -0.2) is 29.1 Å². The fraction of sp³-hybridized carbons (Fsp3) is 0.217. The molecule has 1 fully saturated rings. The first-order valence-electron chi connectivity index (χ1n) is 9.58. The van der Waals surface area contributed by atoms with E-state index in [1.165, 1.54) is 22.2 Å². The minimum Gasteiger partial charge on any atom is -0.334 e. The van der Waals surface area contributed by atoms with E-state index in [-0.39, 0.29) is 5.91 Å². The van der Waals surface area contributed by atoms with Crippen LogP contribution in [0.2, 0.25) is 0 Å². The average molecular weight is 422 g/mol. The van der Waals surface area contributed by atoms with E-state index < -0.39 is 0 Å². The van der Waals surface area contributed by atoms with Crippen LogP contribution in [0.4, 0.5) is 11.4 Å². The Balaban J connectivity index is 1.77. The van der Waals surface area contributed by atoms with Crippen molar-refractivity contribution in [1.29, 1.82) is 0 Å². The molecule has 2 aromatic rings.